The van der Waals surface area contributed by atoms with Crippen molar-refractivity contribution in [3.63, 3.8) is 0 Å². The summed E-state index contributed by atoms with van der Waals surface area (Å²) in [7, 11) is -9.91. The van der Waals surface area contributed by atoms with Gasteiger partial charge in [-0.2, -0.15) is 0 Å². The van der Waals surface area contributed by atoms with E-state index < -0.39 is 97.5 Å². The van der Waals surface area contributed by atoms with E-state index in [0.717, 1.165) is 108 Å². The Hall–Kier alpha value is -1.94. The van der Waals surface area contributed by atoms with Crippen molar-refractivity contribution in [2.45, 2.75) is 439 Å². The molecule has 0 fully saturated rings. The molecule has 0 saturated heterocycles. The molecule has 99 heavy (non-hydrogen) atoms. The lowest BCUT2D eigenvalue weighted by molar-refractivity contribution is -0.161. The minimum absolute atomic E-state index is 0.107. The Labute approximate surface area is 607 Å². The Morgan fingerprint density at radius 1 is 0.293 bits per heavy atom. The number of carbonyl (C=O) groups excluding carboxylic acids is 4. The number of hydrogen-bond donors (Lipinski definition) is 3. The number of phosphoric ester groups is 2. The van der Waals surface area contributed by atoms with Crippen molar-refractivity contribution in [2.24, 2.45) is 11.8 Å². The monoisotopic (exact) mass is 1450 g/mol. The van der Waals surface area contributed by atoms with Crippen LogP contribution in [0.4, 0.5) is 0 Å². The van der Waals surface area contributed by atoms with Crippen LogP contribution in [-0.4, -0.2) is 96.7 Å². The lowest BCUT2D eigenvalue weighted by Crippen LogP contribution is -2.30. The van der Waals surface area contributed by atoms with Crippen molar-refractivity contribution in [1.82, 2.24) is 0 Å². The fourth-order valence-corrected chi connectivity index (χ4v) is 13.9. The molecule has 0 heterocycles. The maximum absolute atomic E-state index is 13.1. The molecule has 0 saturated carbocycles. The third-order valence-corrected chi connectivity index (χ3v) is 21.0. The van der Waals surface area contributed by atoms with Gasteiger partial charge in [0, 0.05) is 25.7 Å². The Morgan fingerprint density at radius 2 is 0.515 bits per heavy atom. The van der Waals surface area contributed by atoms with Crippen LogP contribution in [0.5, 0.6) is 0 Å². The second-order valence-electron chi connectivity index (χ2n) is 29.5. The predicted octanol–water partition coefficient (Wildman–Crippen LogP) is 23.9. The van der Waals surface area contributed by atoms with E-state index in [-0.39, 0.29) is 25.7 Å². The van der Waals surface area contributed by atoms with E-state index in [2.05, 4.69) is 41.5 Å². The topological polar surface area (TPSA) is 237 Å². The van der Waals surface area contributed by atoms with Gasteiger partial charge in [-0.3, -0.25) is 37.3 Å². The molecular weight excluding hydrogens is 1290 g/mol. The Morgan fingerprint density at radius 3 is 0.768 bits per heavy atom. The van der Waals surface area contributed by atoms with Crippen molar-refractivity contribution in [2.75, 3.05) is 39.6 Å². The van der Waals surface area contributed by atoms with Crippen LogP contribution < -0.4 is 0 Å². The van der Waals surface area contributed by atoms with Gasteiger partial charge in [-0.1, -0.05) is 369 Å². The van der Waals surface area contributed by atoms with Gasteiger partial charge in [0.15, 0.2) is 12.2 Å². The molecule has 0 aliphatic carbocycles. The number of aliphatic hydroxyl groups is 1. The Kier molecular flexibility index (Phi) is 70.3. The highest BCUT2D eigenvalue weighted by molar-refractivity contribution is 7.47. The first-order valence-corrected chi connectivity index (χ1v) is 44.5. The summed E-state index contributed by atoms with van der Waals surface area (Å²) in [6, 6.07) is 0. The zero-order valence-electron chi connectivity index (χ0n) is 64.8. The van der Waals surface area contributed by atoms with Gasteiger partial charge in [0.25, 0.3) is 0 Å². The third-order valence-electron chi connectivity index (χ3n) is 19.1. The SMILES string of the molecule is CCCCCCCCCCCCCCCCCCCCCC(=O)O[C@H](COC(=O)CCCCCCCCCCCCCCCCC(C)CC)COP(=O)(O)OC[C@@H](O)COP(=O)(O)OC[C@@H](COC(=O)CCCCCCC)OC(=O)CCCCCCCCCCCCCCCCC(C)C. The van der Waals surface area contributed by atoms with Crippen molar-refractivity contribution < 1.29 is 80.2 Å². The number of phosphoric acid groups is 2. The number of rotatable bonds is 79. The van der Waals surface area contributed by atoms with Gasteiger partial charge in [0.05, 0.1) is 26.4 Å². The molecule has 0 aromatic heterocycles. The van der Waals surface area contributed by atoms with E-state index in [1.165, 1.54) is 231 Å². The molecule has 0 aliphatic heterocycles. The average molecular weight is 1450 g/mol. The van der Waals surface area contributed by atoms with E-state index in [1.807, 2.05) is 0 Å². The van der Waals surface area contributed by atoms with Crippen LogP contribution in [0.2, 0.25) is 0 Å². The molecule has 0 aliphatic rings. The van der Waals surface area contributed by atoms with Crippen LogP contribution in [0.1, 0.15) is 420 Å². The van der Waals surface area contributed by atoms with E-state index >= 15 is 0 Å². The van der Waals surface area contributed by atoms with E-state index in [9.17, 15) is 43.2 Å². The molecule has 6 atom stereocenters. The predicted molar refractivity (Wildman–Crippen MR) is 405 cm³/mol. The van der Waals surface area contributed by atoms with E-state index in [1.54, 1.807) is 0 Å². The second-order valence-corrected chi connectivity index (χ2v) is 32.4. The first-order valence-electron chi connectivity index (χ1n) is 41.5. The van der Waals surface area contributed by atoms with E-state index in [0.29, 0.717) is 25.7 Å². The van der Waals surface area contributed by atoms with Gasteiger partial charge in [0.1, 0.15) is 19.3 Å². The van der Waals surface area contributed by atoms with Crippen LogP contribution in [0.15, 0.2) is 0 Å². The van der Waals surface area contributed by atoms with Gasteiger partial charge in [0.2, 0.25) is 0 Å². The molecule has 3 N–H and O–H groups in total. The van der Waals surface area contributed by atoms with Crippen molar-refractivity contribution >= 4 is 39.5 Å². The fourth-order valence-electron chi connectivity index (χ4n) is 12.3. The van der Waals surface area contributed by atoms with Gasteiger partial charge in [-0.15, -0.1) is 0 Å². The lowest BCUT2D eigenvalue weighted by atomic mass is 9.99. The smallest absolute Gasteiger partial charge is 0.462 e. The molecule has 588 valence electrons. The molecule has 0 amide bonds. The summed E-state index contributed by atoms with van der Waals surface area (Å²) in [5, 5.41) is 10.6. The molecule has 17 nitrogen and oxygen atoms in total. The Bertz CT molecular complexity index is 1910. The highest BCUT2D eigenvalue weighted by atomic mass is 31.2. The highest BCUT2D eigenvalue weighted by Crippen LogP contribution is 2.45. The highest BCUT2D eigenvalue weighted by Gasteiger charge is 2.30. The summed E-state index contributed by atoms with van der Waals surface area (Å²) < 4.78 is 68.5. The van der Waals surface area contributed by atoms with Gasteiger partial charge >= 0.3 is 39.5 Å². The van der Waals surface area contributed by atoms with Crippen LogP contribution >= 0.6 is 15.6 Å². The van der Waals surface area contributed by atoms with Crippen LogP contribution in [0.25, 0.3) is 0 Å². The standard InChI is InChI=1S/C80H156O17P2/c1-7-10-12-14-15-16-17-18-19-20-21-22-23-31-36-41-46-52-59-65-80(85)97-76(69-91-78(83)63-57-51-45-40-35-30-27-25-29-34-39-44-50-55-61-73(6)9-3)71-95-99(88,89)93-67-74(81)66-92-98(86,87)94-70-75(68-90-77(82)62-56-48-13-11-8-2)96-79(84)64-58-53-47-42-37-32-26-24-28-33-38-43-49-54-60-72(4)5/h72-76,81H,7-71H2,1-6H3,(H,86,87)(H,88,89)/t73?,74-,75+,76+/m0/s1. The summed E-state index contributed by atoms with van der Waals surface area (Å²) in [6.45, 7) is 9.62. The summed E-state index contributed by atoms with van der Waals surface area (Å²) in [6.07, 6.45) is 61.4. The molecule has 0 spiro atoms. The minimum atomic E-state index is -4.96. The average Bonchev–Trinajstić information content (AvgIpc) is 1.12. The molecule has 3 unspecified atom stereocenters. The first-order chi connectivity index (χ1) is 47.9. The van der Waals surface area contributed by atoms with Gasteiger partial charge in [-0.25, -0.2) is 9.13 Å². The number of aliphatic hydroxyl groups excluding tert-OH is 1. The van der Waals surface area contributed by atoms with Crippen molar-refractivity contribution in [1.29, 1.82) is 0 Å². The molecule has 0 radical (unpaired) electrons. The first kappa shape index (κ1) is 97.1. The maximum atomic E-state index is 13.1. The summed E-state index contributed by atoms with van der Waals surface area (Å²) in [4.78, 5) is 72.7. The lowest BCUT2D eigenvalue weighted by Gasteiger charge is -2.21. The zero-order valence-corrected chi connectivity index (χ0v) is 66.6. The summed E-state index contributed by atoms with van der Waals surface area (Å²) in [5.74, 6) is -0.475. The minimum Gasteiger partial charge on any atom is -0.462 e. The summed E-state index contributed by atoms with van der Waals surface area (Å²) >= 11 is 0. The molecule has 0 aromatic rings. The number of carbonyl (C=O) groups is 4. The van der Waals surface area contributed by atoms with Crippen LogP contribution in [-0.2, 0) is 65.4 Å². The van der Waals surface area contributed by atoms with E-state index in [4.69, 9.17) is 37.0 Å². The third kappa shape index (κ3) is 72.8. The summed E-state index contributed by atoms with van der Waals surface area (Å²) in [5.41, 5.74) is 0. The number of unbranched alkanes of at least 4 members (excludes halogenated alkanes) is 48. The van der Waals surface area contributed by atoms with Crippen molar-refractivity contribution in [3.05, 3.63) is 0 Å². The molecule has 0 bridgehead atoms. The normalized spacial score (nSPS) is 14.2. The quantitative estimate of drug-likeness (QED) is 0.0222. The van der Waals surface area contributed by atoms with Crippen molar-refractivity contribution in [3.8, 4) is 0 Å². The number of hydrogen-bond acceptors (Lipinski definition) is 15. The van der Waals surface area contributed by atoms with Gasteiger partial charge in [-0.05, 0) is 37.5 Å². The number of ether oxygens (including phenoxy) is 4. The molecule has 19 heteroatoms. The second kappa shape index (κ2) is 71.7. The Balaban J connectivity index is 5.13. The fraction of sp³-hybridized carbons (Fsp3) is 0.950. The maximum Gasteiger partial charge on any atom is 0.472 e. The molecule has 0 rings (SSSR count). The number of esters is 4. The molecule has 0 aromatic carbocycles. The van der Waals surface area contributed by atoms with Crippen LogP contribution in [0, 0.1) is 11.8 Å². The molecular formula is C80H156O17P2. The van der Waals surface area contributed by atoms with Crippen LogP contribution in [0.3, 0.4) is 0 Å². The van der Waals surface area contributed by atoms with Gasteiger partial charge < -0.3 is 33.8 Å². The zero-order chi connectivity index (χ0) is 72.8. The largest absolute Gasteiger partial charge is 0.472 e.